The molecule has 1 fully saturated rings. The Bertz CT molecular complexity index is 476. The number of hydrogen-bond donors (Lipinski definition) is 1. The molecule has 0 saturated heterocycles. The third kappa shape index (κ3) is 3.86. The normalized spacial score (nSPS) is 22.7. The topological polar surface area (TPSA) is 46.5 Å². The largest absolute Gasteiger partial charge is 0.494 e. The summed E-state index contributed by atoms with van der Waals surface area (Å²) in [7, 11) is 0. The lowest BCUT2D eigenvalue weighted by atomic mass is 10.0. The average Bonchev–Trinajstić information content (AvgIpc) is 3.19. The van der Waals surface area contributed by atoms with Gasteiger partial charge in [-0.05, 0) is 49.3 Å². The summed E-state index contributed by atoms with van der Waals surface area (Å²) in [6.45, 7) is 4.46. The molecule has 1 aliphatic carbocycles. The lowest BCUT2D eigenvalue weighted by Crippen LogP contribution is -2.12. The molecule has 1 aliphatic rings. The predicted octanol–water partition coefficient (Wildman–Crippen LogP) is 3.85. The minimum atomic E-state index is -0.673. The summed E-state index contributed by atoms with van der Waals surface area (Å²) in [5, 5.41) is 8.95. The summed E-state index contributed by atoms with van der Waals surface area (Å²) >= 11 is 0. The van der Waals surface area contributed by atoms with Gasteiger partial charge in [-0.15, -0.1) is 0 Å². The van der Waals surface area contributed by atoms with E-state index in [1.54, 1.807) is 0 Å². The summed E-state index contributed by atoms with van der Waals surface area (Å²) < 4.78 is 5.40. The fraction of sp³-hybridized carbons (Fsp3) is 0.471. The summed E-state index contributed by atoms with van der Waals surface area (Å²) in [5.41, 5.74) is 1.15. The van der Waals surface area contributed by atoms with E-state index in [2.05, 4.69) is 12.2 Å². The molecular formula is C17H22O3. The molecule has 3 heteroatoms. The van der Waals surface area contributed by atoms with Crippen molar-refractivity contribution in [1.29, 1.82) is 0 Å². The molecule has 20 heavy (non-hydrogen) atoms. The highest BCUT2D eigenvalue weighted by Crippen LogP contribution is 2.46. The molecule has 0 bridgehead atoms. The van der Waals surface area contributed by atoms with Gasteiger partial charge in [0.05, 0.1) is 12.5 Å². The molecular weight excluding hydrogens is 252 g/mol. The van der Waals surface area contributed by atoms with Crippen molar-refractivity contribution >= 4 is 12.0 Å². The maximum Gasteiger partial charge on any atom is 0.306 e. The Labute approximate surface area is 120 Å². The number of carboxylic acids is 1. The highest BCUT2D eigenvalue weighted by Gasteiger charge is 2.42. The van der Waals surface area contributed by atoms with E-state index in [1.807, 2.05) is 38.1 Å². The number of allylic oxidation sites excluding steroid dienone is 1. The molecule has 0 spiro atoms. The minimum absolute atomic E-state index is 0.209. The van der Waals surface area contributed by atoms with Gasteiger partial charge in [0.25, 0.3) is 0 Å². The maximum absolute atomic E-state index is 10.9. The molecule has 0 heterocycles. The number of hydrogen-bond acceptors (Lipinski definition) is 2. The third-order valence-electron chi connectivity index (χ3n) is 3.95. The van der Waals surface area contributed by atoms with Crippen molar-refractivity contribution < 1.29 is 14.6 Å². The fourth-order valence-electron chi connectivity index (χ4n) is 2.56. The van der Waals surface area contributed by atoms with Gasteiger partial charge in [0, 0.05) is 0 Å². The molecule has 1 N–H and O–H groups in total. The van der Waals surface area contributed by atoms with E-state index in [0.717, 1.165) is 24.2 Å². The van der Waals surface area contributed by atoms with Gasteiger partial charge >= 0.3 is 5.97 Å². The third-order valence-corrected chi connectivity index (χ3v) is 3.95. The van der Waals surface area contributed by atoms with Crippen LogP contribution in [0.4, 0.5) is 0 Å². The van der Waals surface area contributed by atoms with E-state index >= 15 is 0 Å². The zero-order valence-electron chi connectivity index (χ0n) is 12.1. The van der Waals surface area contributed by atoms with Gasteiger partial charge in [-0.3, -0.25) is 4.79 Å². The van der Waals surface area contributed by atoms with Crippen molar-refractivity contribution in [2.45, 2.75) is 26.7 Å². The molecule has 108 valence electrons. The second-order valence-electron chi connectivity index (χ2n) is 5.43. The predicted molar refractivity (Wildman–Crippen MR) is 79.7 cm³/mol. The Morgan fingerprint density at radius 1 is 1.45 bits per heavy atom. The van der Waals surface area contributed by atoms with Gasteiger partial charge in [-0.25, -0.2) is 0 Å². The first-order valence-electron chi connectivity index (χ1n) is 7.24. The average molecular weight is 274 g/mol. The van der Waals surface area contributed by atoms with Gasteiger partial charge in [0.15, 0.2) is 0 Å². The highest BCUT2D eigenvalue weighted by atomic mass is 16.5. The van der Waals surface area contributed by atoms with Crippen molar-refractivity contribution in [3.63, 3.8) is 0 Å². The van der Waals surface area contributed by atoms with Crippen LogP contribution >= 0.6 is 0 Å². The molecule has 2 rings (SSSR count). The van der Waals surface area contributed by atoms with Gasteiger partial charge in [-0.1, -0.05) is 31.2 Å². The van der Waals surface area contributed by atoms with Gasteiger partial charge < -0.3 is 9.84 Å². The van der Waals surface area contributed by atoms with Gasteiger partial charge in [0.1, 0.15) is 5.75 Å². The molecule has 0 aromatic heterocycles. The van der Waals surface area contributed by atoms with Crippen LogP contribution in [0.15, 0.2) is 30.3 Å². The van der Waals surface area contributed by atoms with Crippen LogP contribution in [-0.2, 0) is 4.79 Å². The molecule has 1 saturated carbocycles. The minimum Gasteiger partial charge on any atom is -0.494 e. The zero-order valence-corrected chi connectivity index (χ0v) is 12.1. The first kappa shape index (κ1) is 14.6. The molecule has 1 aromatic carbocycles. The first-order valence-corrected chi connectivity index (χ1v) is 7.24. The molecule has 3 unspecified atom stereocenters. The van der Waals surface area contributed by atoms with Crippen LogP contribution in [0.3, 0.4) is 0 Å². The first-order chi connectivity index (χ1) is 9.61. The second-order valence-corrected chi connectivity index (χ2v) is 5.43. The maximum atomic E-state index is 10.9. The Morgan fingerprint density at radius 2 is 2.15 bits per heavy atom. The number of benzene rings is 1. The Balaban J connectivity index is 1.78. The van der Waals surface area contributed by atoms with Crippen molar-refractivity contribution in [2.24, 2.45) is 17.8 Å². The Hall–Kier alpha value is -1.77. The Morgan fingerprint density at radius 3 is 2.75 bits per heavy atom. The zero-order chi connectivity index (χ0) is 14.5. The number of rotatable bonds is 7. The van der Waals surface area contributed by atoms with E-state index in [9.17, 15) is 4.79 Å². The lowest BCUT2D eigenvalue weighted by molar-refractivity contribution is -0.141. The van der Waals surface area contributed by atoms with Gasteiger partial charge in [0.2, 0.25) is 0 Å². The van der Waals surface area contributed by atoms with Gasteiger partial charge in [-0.2, -0.15) is 0 Å². The molecule has 0 amide bonds. The van der Waals surface area contributed by atoms with E-state index in [0.29, 0.717) is 18.4 Å². The number of aliphatic carboxylic acids is 1. The number of carboxylic acid groups (broad SMARTS) is 1. The monoisotopic (exact) mass is 274 g/mol. The summed E-state index contributed by atoms with van der Waals surface area (Å²) in [6, 6.07) is 8.00. The standard InChI is InChI=1S/C17H22O3/c1-3-20-15-9-7-13(8-10-15)5-4-6-14-11-16(14)12(2)17(18)19/h4-5,7-10,12,14,16H,3,6,11H2,1-2H3,(H,18,19). The molecule has 3 atom stereocenters. The summed E-state index contributed by atoms with van der Waals surface area (Å²) in [6.07, 6.45) is 6.25. The van der Waals surface area contributed by atoms with Crippen LogP contribution in [-0.4, -0.2) is 17.7 Å². The SMILES string of the molecule is CCOc1ccc(C=CCC2CC2C(C)C(=O)O)cc1. The van der Waals surface area contributed by atoms with Crippen molar-refractivity contribution in [1.82, 2.24) is 0 Å². The second kappa shape index (κ2) is 6.60. The molecule has 3 nitrogen and oxygen atoms in total. The van der Waals surface area contributed by atoms with Crippen molar-refractivity contribution in [3.05, 3.63) is 35.9 Å². The van der Waals surface area contributed by atoms with Crippen molar-refractivity contribution in [3.8, 4) is 5.75 Å². The van der Waals surface area contributed by atoms with Crippen LogP contribution in [0.2, 0.25) is 0 Å². The van der Waals surface area contributed by atoms with Crippen LogP contribution in [0.1, 0.15) is 32.3 Å². The number of ether oxygens (including phenoxy) is 1. The van der Waals surface area contributed by atoms with E-state index in [4.69, 9.17) is 9.84 Å². The quantitative estimate of drug-likeness (QED) is 0.821. The fourth-order valence-corrected chi connectivity index (χ4v) is 2.56. The number of carbonyl (C=O) groups is 1. The Kier molecular flexibility index (Phi) is 4.83. The molecule has 0 aliphatic heterocycles. The lowest BCUT2D eigenvalue weighted by Gasteiger charge is -2.03. The van der Waals surface area contributed by atoms with Crippen LogP contribution < -0.4 is 4.74 Å². The molecule has 1 aromatic rings. The highest BCUT2D eigenvalue weighted by molar-refractivity contribution is 5.70. The van der Waals surface area contributed by atoms with Crippen molar-refractivity contribution in [2.75, 3.05) is 6.61 Å². The van der Waals surface area contributed by atoms with E-state index in [1.165, 1.54) is 0 Å². The van der Waals surface area contributed by atoms with E-state index in [-0.39, 0.29) is 5.92 Å². The van der Waals surface area contributed by atoms with Crippen LogP contribution in [0, 0.1) is 17.8 Å². The van der Waals surface area contributed by atoms with Crippen LogP contribution in [0.25, 0.3) is 6.08 Å². The van der Waals surface area contributed by atoms with Crippen LogP contribution in [0.5, 0.6) is 5.75 Å². The summed E-state index contributed by atoms with van der Waals surface area (Å²) in [5.74, 6) is 0.909. The molecule has 0 radical (unpaired) electrons. The summed E-state index contributed by atoms with van der Waals surface area (Å²) in [4.78, 5) is 10.9. The smallest absolute Gasteiger partial charge is 0.306 e. The van der Waals surface area contributed by atoms with E-state index < -0.39 is 5.97 Å².